The number of carbonyl (C=O) groups excluding carboxylic acids is 1. The molecule has 0 aliphatic carbocycles. The summed E-state index contributed by atoms with van der Waals surface area (Å²) in [5, 5.41) is 2.78. The average molecular weight is 331 g/mol. The third kappa shape index (κ3) is 6.02. The summed E-state index contributed by atoms with van der Waals surface area (Å²) in [6.45, 7) is 5.82. The second-order valence-corrected chi connectivity index (χ2v) is 5.88. The Kier molecular flexibility index (Phi) is 5.75. The van der Waals surface area contributed by atoms with Crippen LogP contribution in [0.1, 0.15) is 32.4 Å². The number of nitrogens with one attached hydrogen (secondary N) is 1. The van der Waals surface area contributed by atoms with E-state index in [0.29, 0.717) is 11.2 Å². The molecule has 0 saturated heterocycles. The van der Waals surface area contributed by atoms with E-state index >= 15 is 0 Å². The van der Waals surface area contributed by atoms with Crippen molar-refractivity contribution in [2.75, 3.05) is 13.7 Å². The summed E-state index contributed by atoms with van der Waals surface area (Å²) < 4.78 is 11.1. The molecule has 0 saturated carbocycles. The minimum atomic E-state index is -0.527. The van der Waals surface area contributed by atoms with Gasteiger partial charge in [0.05, 0.1) is 12.6 Å². The maximum absolute atomic E-state index is 11.8. The van der Waals surface area contributed by atoms with Crippen LogP contribution >= 0.6 is 15.9 Å². The topological polar surface area (TPSA) is 60.5 Å². The first-order valence-electron chi connectivity index (χ1n) is 5.92. The quantitative estimate of drug-likeness (QED) is 0.862. The zero-order valence-corrected chi connectivity index (χ0v) is 13.2. The monoisotopic (exact) mass is 330 g/mol. The fourth-order valence-electron chi connectivity index (χ4n) is 1.47. The summed E-state index contributed by atoms with van der Waals surface area (Å²) in [4.78, 5) is 15.8. The predicted octanol–water partition coefficient (Wildman–Crippen LogP) is 3.06. The van der Waals surface area contributed by atoms with Crippen LogP contribution in [-0.4, -0.2) is 30.4 Å². The van der Waals surface area contributed by atoms with Gasteiger partial charge < -0.3 is 14.8 Å². The minimum Gasteiger partial charge on any atom is -0.444 e. The predicted molar refractivity (Wildman–Crippen MR) is 75.9 cm³/mol. The van der Waals surface area contributed by atoms with Crippen LogP contribution in [0.5, 0.6) is 0 Å². The van der Waals surface area contributed by atoms with Crippen LogP contribution < -0.4 is 5.32 Å². The molecule has 1 atom stereocenters. The normalized spacial score (nSPS) is 12.9. The lowest BCUT2D eigenvalue weighted by Crippen LogP contribution is -2.36. The first-order chi connectivity index (χ1) is 8.81. The number of amides is 1. The Balaban J connectivity index is 2.76. The molecule has 5 nitrogen and oxygen atoms in total. The summed E-state index contributed by atoms with van der Waals surface area (Å²) in [7, 11) is 1.58. The lowest BCUT2D eigenvalue weighted by molar-refractivity contribution is 0.0468. The fraction of sp³-hybridized carbons (Fsp3) is 0.538. The zero-order chi connectivity index (χ0) is 14.5. The summed E-state index contributed by atoms with van der Waals surface area (Å²) in [6.07, 6.45) is 1.20. The van der Waals surface area contributed by atoms with Crippen molar-refractivity contribution in [2.45, 2.75) is 32.4 Å². The van der Waals surface area contributed by atoms with Crippen molar-refractivity contribution >= 4 is 22.0 Å². The standard InChI is InChI=1S/C13H19BrN2O3/c1-13(2,3)19-12(17)16-10(8-18-4)9-5-6-15-11(14)7-9/h5-7,10H,8H2,1-4H3,(H,16,17). The van der Waals surface area contributed by atoms with E-state index in [1.807, 2.05) is 32.9 Å². The van der Waals surface area contributed by atoms with E-state index in [4.69, 9.17) is 9.47 Å². The zero-order valence-electron chi connectivity index (χ0n) is 11.6. The van der Waals surface area contributed by atoms with E-state index in [1.54, 1.807) is 13.3 Å². The lowest BCUT2D eigenvalue weighted by atomic mass is 10.1. The van der Waals surface area contributed by atoms with E-state index in [-0.39, 0.29) is 6.04 Å². The molecule has 1 aromatic heterocycles. The van der Waals surface area contributed by atoms with Gasteiger partial charge in [0.25, 0.3) is 0 Å². The van der Waals surface area contributed by atoms with E-state index in [0.717, 1.165) is 5.56 Å². The Morgan fingerprint density at radius 3 is 2.74 bits per heavy atom. The van der Waals surface area contributed by atoms with Crippen molar-refractivity contribution in [3.63, 3.8) is 0 Å². The highest BCUT2D eigenvalue weighted by molar-refractivity contribution is 9.10. The van der Waals surface area contributed by atoms with E-state index in [9.17, 15) is 4.79 Å². The third-order valence-corrected chi connectivity index (χ3v) is 2.61. The molecule has 1 aromatic rings. The van der Waals surface area contributed by atoms with Crippen molar-refractivity contribution in [3.05, 3.63) is 28.5 Å². The first-order valence-corrected chi connectivity index (χ1v) is 6.71. The van der Waals surface area contributed by atoms with Crippen molar-refractivity contribution in [1.29, 1.82) is 0 Å². The highest BCUT2D eigenvalue weighted by Gasteiger charge is 2.20. The Hall–Kier alpha value is -1.14. The molecule has 0 radical (unpaired) electrons. The highest BCUT2D eigenvalue weighted by atomic mass is 79.9. The number of rotatable bonds is 4. The van der Waals surface area contributed by atoms with Crippen LogP contribution in [0.15, 0.2) is 22.9 Å². The van der Waals surface area contributed by atoms with Gasteiger partial charge in [-0.1, -0.05) is 0 Å². The van der Waals surface area contributed by atoms with Gasteiger partial charge in [0.2, 0.25) is 0 Å². The molecule has 1 amide bonds. The van der Waals surface area contributed by atoms with Gasteiger partial charge in [0.1, 0.15) is 10.2 Å². The van der Waals surface area contributed by atoms with Crippen molar-refractivity contribution in [3.8, 4) is 0 Å². The SMILES string of the molecule is COCC(NC(=O)OC(C)(C)C)c1ccnc(Br)c1. The van der Waals surface area contributed by atoms with Crippen molar-refractivity contribution < 1.29 is 14.3 Å². The number of pyridine rings is 1. The van der Waals surface area contributed by atoms with Gasteiger partial charge in [0, 0.05) is 13.3 Å². The Morgan fingerprint density at radius 1 is 1.53 bits per heavy atom. The second kappa shape index (κ2) is 6.86. The number of alkyl carbamates (subject to hydrolysis) is 1. The molecule has 0 aliphatic rings. The van der Waals surface area contributed by atoms with Crippen LogP contribution in [0.2, 0.25) is 0 Å². The number of methoxy groups -OCH3 is 1. The molecule has 1 unspecified atom stereocenters. The van der Waals surface area contributed by atoms with Gasteiger partial charge in [-0.2, -0.15) is 0 Å². The van der Waals surface area contributed by atoms with Crippen LogP contribution in [0, 0.1) is 0 Å². The largest absolute Gasteiger partial charge is 0.444 e. The second-order valence-electron chi connectivity index (χ2n) is 5.07. The first kappa shape index (κ1) is 15.9. The summed E-state index contributed by atoms with van der Waals surface area (Å²) in [6, 6.07) is 3.38. The van der Waals surface area contributed by atoms with Gasteiger partial charge in [-0.15, -0.1) is 0 Å². The van der Waals surface area contributed by atoms with E-state index in [2.05, 4.69) is 26.2 Å². The van der Waals surface area contributed by atoms with Crippen LogP contribution in [-0.2, 0) is 9.47 Å². The number of aromatic nitrogens is 1. The van der Waals surface area contributed by atoms with Crippen molar-refractivity contribution in [1.82, 2.24) is 10.3 Å². The maximum Gasteiger partial charge on any atom is 0.408 e. The van der Waals surface area contributed by atoms with Gasteiger partial charge in [-0.25, -0.2) is 9.78 Å². The molecule has 0 aliphatic heterocycles. The third-order valence-electron chi connectivity index (χ3n) is 2.18. The van der Waals surface area contributed by atoms with E-state index in [1.165, 1.54) is 0 Å². The molecule has 6 heteroatoms. The number of ether oxygens (including phenoxy) is 2. The molecule has 1 rings (SSSR count). The molecule has 0 aromatic carbocycles. The molecule has 1 N–H and O–H groups in total. The van der Waals surface area contributed by atoms with Crippen molar-refractivity contribution in [2.24, 2.45) is 0 Å². The average Bonchev–Trinajstić information content (AvgIpc) is 2.26. The molecular formula is C13H19BrN2O3. The van der Waals surface area contributed by atoms with Crippen LogP contribution in [0.3, 0.4) is 0 Å². The molecular weight excluding hydrogens is 312 g/mol. The number of nitrogens with zero attached hydrogens (tertiary/aromatic N) is 1. The molecule has 0 spiro atoms. The van der Waals surface area contributed by atoms with Gasteiger partial charge >= 0.3 is 6.09 Å². The smallest absolute Gasteiger partial charge is 0.408 e. The minimum absolute atomic E-state index is 0.279. The highest BCUT2D eigenvalue weighted by Crippen LogP contribution is 2.17. The Bertz CT molecular complexity index is 432. The number of carbonyl (C=O) groups is 1. The molecule has 0 bridgehead atoms. The molecule has 0 fully saturated rings. The van der Waals surface area contributed by atoms with Gasteiger partial charge in [-0.05, 0) is 54.4 Å². The molecule has 1 heterocycles. The Labute approximate surface area is 121 Å². The van der Waals surface area contributed by atoms with Crippen LogP contribution in [0.4, 0.5) is 4.79 Å². The number of halogens is 1. The maximum atomic E-state index is 11.8. The molecule has 106 valence electrons. The number of hydrogen-bond acceptors (Lipinski definition) is 4. The number of hydrogen-bond donors (Lipinski definition) is 1. The Morgan fingerprint density at radius 2 is 2.21 bits per heavy atom. The van der Waals surface area contributed by atoms with Gasteiger partial charge in [0.15, 0.2) is 0 Å². The fourth-order valence-corrected chi connectivity index (χ4v) is 1.85. The summed E-state index contributed by atoms with van der Waals surface area (Å²) in [5.74, 6) is 0. The summed E-state index contributed by atoms with van der Waals surface area (Å²) in [5.41, 5.74) is 0.371. The van der Waals surface area contributed by atoms with Gasteiger partial charge in [-0.3, -0.25) is 0 Å². The van der Waals surface area contributed by atoms with Crippen LogP contribution in [0.25, 0.3) is 0 Å². The molecule has 19 heavy (non-hydrogen) atoms. The summed E-state index contributed by atoms with van der Waals surface area (Å²) >= 11 is 3.30. The van der Waals surface area contributed by atoms with E-state index < -0.39 is 11.7 Å². The lowest BCUT2D eigenvalue weighted by Gasteiger charge is -2.23.